The molecule has 0 aliphatic heterocycles. The molecule has 0 aromatic heterocycles. The summed E-state index contributed by atoms with van der Waals surface area (Å²) in [4.78, 5) is 22.9. The molecule has 1 atom stereocenters. The average molecular weight is 299 g/mol. The van der Waals surface area contributed by atoms with Crippen molar-refractivity contribution in [3.8, 4) is 0 Å². The number of nitrogens with one attached hydrogen (secondary N) is 1. The number of rotatable bonds is 7. The molecule has 0 saturated carbocycles. The summed E-state index contributed by atoms with van der Waals surface area (Å²) < 4.78 is 35.5. The maximum Gasteiger partial charge on any atom is 0.335 e. The van der Waals surface area contributed by atoms with Crippen LogP contribution in [0.25, 0.3) is 0 Å². The molecular weight excluding hydrogens is 284 g/mol. The second kappa shape index (κ2) is 8.11. The predicted molar refractivity (Wildman–Crippen MR) is 71.6 cm³/mol. The Hall–Kier alpha value is -2.28. The van der Waals surface area contributed by atoms with E-state index in [1.54, 1.807) is 0 Å². The monoisotopic (exact) mass is 299 g/mol. The highest BCUT2D eigenvalue weighted by Gasteiger charge is 2.16. The van der Waals surface area contributed by atoms with Crippen molar-refractivity contribution in [1.82, 2.24) is 0 Å². The fraction of sp³-hybridized carbons (Fsp3) is 0.286. The Morgan fingerprint density at radius 1 is 1.33 bits per heavy atom. The first-order chi connectivity index (χ1) is 9.92. The second-order valence-corrected chi connectivity index (χ2v) is 4.08. The molecule has 0 bridgehead atoms. The van der Waals surface area contributed by atoms with Gasteiger partial charge in [-0.3, -0.25) is 4.79 Å². The molecule has 0 spiro atoms. The second-order valence-electron chi connectivity index (χ2n) is 4.08. The average Bonchev–Trinajstić information content (AvgIpc) is 2.40. The highest BCUT2D eigenvalue weighted by Crippen LogP contribution is 2.12. The van der Waals surface area contributed by atoms with Crippen LogP contribution < -0.4 is 5.32 Å². The van der Waals surface area contributed by atoms with Crippen molar-refractivity contribution >= 4 is 17.6 Å². The number of anilines is 1. The lowest BCUT2D eigenvalue weighted by Gasteiger charge is -2.11. The van der Waals surface area contributed by atoms with E-state index in [0.717, 1.165) is 12.1 Å². The zero-order chi connectivity index (χ0) is 15.8. The SMILES string of the molecule is C=CCOC(C)C(=O)OCC(=O)Nc1cc(F)cc(F)c1. The molecule has 7 heteroatoms. The quantitative estimate of drug-likeness (QED) is 0.618. The van der Waals surface area contributed by atoms with Gasteiger partial charge in [0.15, 0.2) is 12.7 Å². The van der Waals surface area contributed by atoms with Gasteiger partial charge in [0.2, 0.25) is 0 Å². The van der Waals surface area contributed by atoms with E-state index < -0.39 is 36.2 Å². The fourth-order valence-electron chi connectivity index (χ4n) is 1.36. The smallest absolute Gasteiger partial charge is 0.335 e. The van der Waals surface area contributed by atoms with Gasteiger partial charge in [-0.15, -0.1) is 6.58 Å². The van der Waals surface area contributed by atoms with E-state index >= 15 is 0 Å². The van der Waals surface area contributed by atoms with E-state index in [-0.39, 0.29) is 12.3 Å². The molecule has 1 N–H and O–H groups in total. The number of amides is 1. The Morgan fingerprint density at radius 2 is 1.95 bits per heavy atom. The Morgan fingerprint density at radius 3 is 2.52 bits per heavy atom. The van der Waals surface area contributed by atoms with Crippen LogP contribution in [-0.4, -0.2) is 31.2 Å². The van der Waals surface area contributed by atoms with Crippen molar-refractivity contribution in [3.05, 3.63) is 42.5 Å². The van der Waals surface area contributed by atoms with Crippen molar-refractivity contribution in [1.29, 1.82) is 0 Å². The van der Waals surface area contributed by atoms with Gasteiger partial charge < -0.3 is 14.8 Å². The number of ether oxygens (including phenoxy) is 2. The predicted octanol–water partition coefficient (Wildman–Crippen LogP) is 2.04. The van der Waals surface area contributed by atoms with Crippen LogP contribution in [0.1, 0.15) is 6.92 Å². The lowest BCUT2D eigenvalue weighted by atomic mass is 10.3. The number of hydrogen-bond donors (Lipinski definition) is 1. The molecule has 1 rings (SSSR count). The van der Waals surface area contributed by atoms with Crippen LogP contribution in [-0.2, 0) is 19.1 Å². The number of carbonyl (C=O) groups excluding carboxylic acids is 2. The first-order valence-electron chi connectivity index (χ1n) is 6.07. The van der Waals surface area contributed by atoms with Crippen LogP contribution in [0, 0.1) is 11.6 Å². The molecule has 21 heavy (non-hydrogen) atoms. The van der Waals surface area contributed by atoms with Crippen LogP contribution in [0.5, 0.6) is 0 Å². The van der Waals surface area contributed by atoms with Crippen LogP contribution in [0.4, 0.5) is 14.5 Å². The third-order valence-electron chi connectivity index (χ3n) is 2.29. The maximum atomic E-state index is 12.9. The van der Waals surface area contributed by atoms with Gasteiger partial charge in [0.05, 0.1) is 6.61 Å². The molecule has 0 heterocycles. The third-order valence-corrected chi connectivity index (χ3v) is 2.29. The van der Waals surface area contributed by atoms with Gasteiger partial charge in [-0.25, -0.2) is 13.6 Å². The molecule has 1 aromatic rings. The Balaban J connectivity index is 2.43. The van der Waals surface area contributed by atoms with Crippen molar-refractivity contribution < 1.29 is 27.8 Å². The summed E-state index contributed by atoms with van der Waals surface area (Å²) in [5.74, 6) is -3.09. The molecule has 5 nitrogen and oxygen atoms in total. The van der Waals surface area contributed by atoms with Gasteiger partial charge in [-0.1, -0.05) is 6.08 Å². The van der Waals surface area contributed by atoms with Crippen LogP contribution in [0.15, 0.2) is 30.9 Å². The summed E-state index contributed by atoms with van der Waals surface area (Å²) in [6, 6.07) is 2.56. The van der Waals surface area contributed by atoms with Gasteiger partial charge in [-0.2, -0.15) is 0 Å². The molecule has 0 saturated heterocycles. The molecule has 114 valence electrons. The molecule has 0 fully saturated rings. The van der Waals surface area contributed by atoms with Gasteiger partial charge in [0.25, 0.3) is 5.91 Å². The number of halogens is 2. The minimum absolute atomic E-state index is 0.0653. The van der Waals surface area contributed by atoms with E-state index in [0.29, 0.717) is 6.07 Å². The molecule has 1 aromatic carbocycles. The zero-order valence-corrected chi connectivity index (χ0v) is 11.4. The van der Waals surface area contributed by atoms with Crippen LogP contribution in [0.2, 0.25) is 0 Å². The molecule has 0 aliphatic rings. The lowest BCUT2D eigenvalue weighted by molar-refractivity contribution is -0.157. The summed E-state index contributed by atoms with van der Waals surface area (Å²) >= 11 is 0. The van der Waals surface area contributed by atoms with Gasteiger partial charge >= 0.3 is 5.97 Å². The maximum absolute atomic E-state index is 12.9. The highest BCUT2D eigenvalue weighted by atomic mass is 19.1. The molecule has 0 radical (unpaired) electrons. The number of hydrogen-bond acceptors (Lipinski definition) is 4. The third kappa shape index (κ3) is 6.13. The number of esters is 1. The standard InChI is InChI=1S/C14H15F2NO4/c1-3-4-20-9(2)14(19)21-8-13(18)17-12-6-10(15)5-11(16)7-12/h3,5-7,9H,1,4,8H2,2H3,(H,17,18). The van der Waals surface area contributed by atoms with Crippen molar-refractivity contribution in [2.24, 2.45) is 0 Å². The lowest BCUT2D eigenvalue weighted by Crippen LogP contribution is -2.28. The first kappa shape index (κ1) is 16.8. The molecular formula is C14H15F2NO4. The zero-order valence-electron chi connectivity index (χ0n) is 11.4. The topological polar surface area (TPSA) is 64.6 Å². The summed E-state index contributed by atoms with van der Waals surface area (Å²) in [6.45, 7) is 4.48. The summed E-state index contributed by atoms with van der Waals surface area (Å²) in [6.07, 6.45) is 0.622. The molecule has 1 unspecified atom stereocenters. The van der Waals surface area contributed by atoms with E-state index in [2.05, 4.69) is 11.9 Å². The van der Waals surface area contributed by atoms with E-state index in [9.17, 15) is 18.4 Å². The van der Waals surface area contributed by atoms with Gasteiger partial charge in [0, 0.05) is 11.8 Å². The van der Waals surface area contributed by atoms with Gasteiger partial charge in [-0.05, 0) is 19.1 Å². The Bertz CT molecular complexity index is 513. The van der Waals surface area contributed by atoms with Crippen LogP contribution >= 0.6 is 0 Å². The van der Waals surface area contributed by atoms with E-state index in [4.69, 9.17) is 9.47 Å². The largest absolute Gasteiger partial charge is 0.454 e. The van der Waals surface area contributed by atoms with Crippen molar-refractivity contribution in [2.75, 3.05) is 18.5 Å². The minimum atomic E-state index is -0.845. The normalized spacial score (nSPS) is 11.6. The minimum Gasteiger partial charge on any atom is -0.454 e. The Labute approximate surface area is 120 Å². The fourth-order valence-corrected chi connectivity index (χ4v) is 1.36. The van der Waals surface area contributed by atoms with E-state index in [1.807, 2.05) is 0 Å². The van der Waals surface area contributed by atoms with Crippen molar-refractivity contribution in [3.63, 3.8) is 0 Å². The van der Waals surface area contributed by atoms with Crippen LogP contribution in [0.3, 0.4) is 0 Å². The molecule has 0 aliphatic carbocycles. The first-order valence-corrected chi connectivity index (χ1v) is 6.07. The molecule has 1 amide bonds. The number of carbonyl (C=O) groups is 2. The number of benzene rings is 1. The summed E-state index contributed by atoms with van der Waals surface area (Å²) in [7, 11) is 0. The van der Waals surface area contributed by atoms with E-state index in [1.165, 1.54) is 13.0 Å². The van der Waals surface area contributed by atoms with Gasteiger partial charge in [0.1, 0.15) is 11.6 Å². The van der Waals surface area contributed by atoms with Crippen molar-refractivity contribution in [2.45, 2.75) is 13.0 Å². The Kier molecular flexibility index (Phi) is 6.48. The highest BCUT2D eigenvalue weighted by molar-refractivity contribution is 5.93. The summed E-state index contributed by atoms with van der Waals surface area (Å²) in [5, 5.41) is 2.21. The summed E-state index contributed by atoms with van der Waals surface area (Å²) in [5.41, 5.74) is -0.0653.